The minimum Gasteiger partial charge on any atom is -0.492 e. The molecular weight excluding hydrogens is 274 g/mol. The number of aliphatic carboxylic acids is 1. The Labute approximate surface area is 122 Å². The van der Waals surface area contributed by atoms with Gasteiger partial charge in [0.1, 0.15) is 17.6 Å². The van der Waals surface area contributed by atoms with Crippen LogP contribution in [0.1, 0.15) is 19.4 Å². The molecule has 1 aliphatic rings. The van der Waals surface area contributed by atoms with Crippen molar-refractivity contribution in [2.45, 2.75) is 26.4 Å². The van der Waals surface area contributed by atoms with Gasteiger partial charge < -0.3 is 19.9 Å². The van der Waals surface area contributed by atoms with Crippen molar-refractivity contribution < 1.29 is 24.2 Å². The minimum absolute atomic E-state index is 0.0901. The third kappa shape index (κ3) is 3.75. The minimum atomic E-state index is -1.18. The Kier molecular flexibility index (Phi) is 4.47. The smallest absolute Gasteiger partial charge is 0.328 e. The molecule has 112 valence electrons. The number of hydrogen-bond donors (Lipinski definition) is 2. The Morgan fingerprint density at radius 2 is 2.24 bits per heavy atom. The molecular formula is C15H17NO5. The summed E-state index contributed by atoms with van der Waals surface area (Å²) >= 11 is 0. The Morgan fingerprint density at radius 3 is 2.90 bits per heavy atom. The number of anilines is 1. The number of hydrogen-bond acceptors (Lipinski definition) is 4. The van der Waals surface area contributed by atoms with E-state index >= 15 is 0 Å². The lowest BCUT2D eigenvalue weighted by molar-refractivity contribution is -0.131. The second-order valence-corrected chi connectivity index (χ2v) is 4.68. The summed E-state index contributed by atoms with van der Waals surface area (Å²) in [4.78, 5) is 22.1. The summed E-state index contributed by atoms with van der Waals surface area (Å²) in [5.74, 6) is -0.458. The summed E-state index contributed by atoms with van der Waals surface area (Å²) in [5.41, 5.74) is 1.50. The monoisotopic (exact) mass is 291 g/mol. The van der Waals surface area contributed by atoms with Gasteiger partial charge in [0.05, 0.1) is 12.3 Å². The van der Waals surface area contributed by atoms with Crippen molar-refractivity contribution >= 4 is 17.6 Å². The quantitative estimate of drug-likeness (QED) is 0.810. The number of carboxylic acids is 1. The maximum absolute atomic E-state index is 11.7. The predicted octanol–water partition coefficient (Wildman–Crippen LogP) is 1.99. The predicted molar refractivity (Wildman–Crippen MR) is 76.8 cm³/mol. The van der Waals surface area contributed by atoms with Gasteiger partial charge in [-0.25, -0.2) is 4.79 Å². The fraction of sp³-hybridized carbons (Fsp3) is 0.333. The molecule has 2 N–H and O–H groups in total. The van der Waals surface area contributed by atoms with Gasteiger partial charge in [-0.3, -0.25) is 4.79 Å². The first-order chi connectivity index (χ1) is 9.99. The molecule has 21 heavy (non-hydrogen) atoms. The molecule has 0 spiro atoms. The molecule has 6 heteroatoms. The van der Waals surface area contributed by atoms with E-state index in [2.05, 4.69) is 5.32 Å². The molecule has 1 aromatic rings. The van der Waals surface area contributed by atoms with E-state index in [4.69, 9.17) is 14.6 Å². The van der Waals surface area contributed by atoms with Crippen LogP contribution < -0.4 is 14.8 Å². The normalized spacial score (nSPS) is 16.4. The molecule has 2 rings (SSSR count). The van der Waals surface area contributed by atoms with Crippen LogP contribution >= 0.6 is 0 Å². The number of carbonyl (C=O) groups is 2. The van der Waals surface area contributed by atoms with E-state index in [0.717, 1.165) is 24.1 Å². The maximum atomic E-state index is 11.7. The number of amides is 1. The standard InChI is InChI=1S/C15H17NO5/c1-3-20-13-7-10-6-9(2)21-12(10)8-11(13)16-14(17)4-5-15(18)19/h4-5,7-9H,3,6H2,1-2H3,(H,16,17)(H,18,19)/b5-4+. The van der Waals surface area contributed by atoms with Crippen molar-refractivity contribution in [3.8, 4) is 11.5 Å². The number of carbonyl (C=O) groups excluding carboxylic acids is 1. The van der Waals surface area contributed by atoms with E-state index in [-0.39, 0.29) is 6.10 Å². The van der Waals surface area contributed by atoms with Gasteiger partial charge in [-0.05, 0) is 19.9 Å². The van der Waals surface area contributed by atoms with Gasteiger partial charge in [-0.1, -0.05) is 0 Å². The van der Waals surface area contributed by atoms with Crippen LogP contribution in [0.4, 0.5) is 5.69 Å². The van der Waals surface area contributed by atoms with Crippen molar-refractivity contribution in [2.24, 2.45) is 0 Å². The molecule has 1 amide bonds. The molecule has 0 bridgehead atoms. The summed E-state index contributed by atoms with van der Waals surface area (Å²) in [6, 6.07) is 3.55. The number of rotatable bonds is 5. The van der Waals surface area contributed by atoms with Crippen LogP contribution in [0.2, 0.25) is 0 Å². The number of fused-ring (bicyclic) bond motifs is 1. The topological polar surface area (TPSA) is 84.9 Å². The Bertz CT molecular complexity index is 594. The van der Waals surface area contributed by atoms with Gasteiger partial charge in [0.15, 0.2) is 0 Å². The van der Waals surface area contributed by atoms with Crippen molar-refractivity contribution in [3.63, 3.8) is 0 Å². The van der Waals surface area contributed by atoms with Crippen LogP contribution in [0.5, 0.6) is 11.5 Å². The highest BCUT2D eigenvalue weighted by atomic mass is 16.5. The molecule has 0 saturated carbocycles. The van der Waals surface area contributed by atoms with Crippen molar-refractivity contribution in [1.29, 1.82) is 0 Å². The SMILES string of the molecule is CCOc1cc2c(cc1NC(=O)/C=C/C(=O)O)OC(C)C2. The molecule has 1 aromatic carbocycles. The average molecular weight is 291 g/mol. The first-order valence-corrected chi connectivity index (χ1v) is 6.68. The lowest BCUT2D eigenvalue weighted by Gasteiger charge is -2.12. The third-order valence-electron chi connectivity index (χ3n) is 2.93. The molecule has 1 heterocycles. The average Bonchev–Trinajstić information content (AvgIpc) is 2.76. The number of carboxylic acid groups (broad SMARTS) is 1. The van der Waals surface area contributed by atoms with Crippen LogP contribution in [0.25, 0.3) is 0 Å². The first kappa shape index (κ1) is 14.9. The van der Waals surface area contributed by atoms with Crippen LogP contribution in [0.15, 0.2) is 24.3 Å². The number of ether oxygens (including phenoxy) is 2. The highest BCUT2D eigenvalue weighted by molar-refractivity contribution is 6.03. The Hall–Kier alpha value is -2.50. The second-order valence-electron chi connectivity index (χ2n) is 4.68. The van der Waals surface area contributed by atoms with Gasteiger partial charge in [0.2, 0.25) is 5.91 Å². The molecule has 0 radical (unpaired) electrons. The van der Waals surface area contributed by atoms with Crippen molar-refractivity contribution in [2.75, 3.05) is 11.9 Å². The summed E-state index contributed by atoms with van der Waals surface area (Å²) in [6.45, 7) is 4.28. The number of nitrogens with one attached hydrogen (secondary N) is 1. The number of benzene rings is 1. The Balaban J connectivity index is 2.23. The zero-order valence-electron chi connectivity index (χ0n) is 11.9. The van der Waals surface area contributed by atoms with Gasteiger partial charge in [-0.2, -0.15) is 0 Å². The molecule has 0 saturated heterocycles. The zero-order valence-corrected chi connectivity index (χ0v) is 11.9. The lowest BCUT2D eigenvalue weighted by Crippen LogP contribution is -2.10. The largest absolute Gasteiger partial charge is 0.492 e. The van der Waals surface area contributed by atoms with E-state index in [1.54, 1.807) is 6.07 Å². The van der Waals surface area contributed by atoms with Crippen LogP contribution in [0, 0.1) is 0 Å². The highest BCUT2D eigenvalue weighted by Crippen LogP contribution is 2.37. The fourth-order valence-corrected chi connectivity index (χ4v) is 2.13. The van der Waals surface area contributed by atoms with Crippen LogP contribution in [0.3, 0.4) is 0 Å². The van der Waals surface area contributed by atoms with Gasteiger partial charge >= 0.3 is 5.97 Å². The van der Waals surface area contributed by atoms with E-state index < -0.39 is 11.9 Å². The van der Waals surface area contributed by atoms with Gasteiger partial charge in [0, 0.05) is 30.2 Å². The second kappa shape index (κ2) is 6.30. The summed E-state index contributed by atoms with van der Waals surface area (Å²) in [5, 5.41) is 11.1. The summed E-state index contributed by atoms with van der Waals surface area (Å²) < 4.78 is 11.2. The van der Waals surface area contributed by atoms with E-state index in [1.165, 1.54) is 0 Å². The van der Waals surface area contributed by atoms with Crippen molar-refractivity contribution in [3.05, 3.63) is 29.8 Å². The molecule has 1 unspecified atom stereocenters. The molecule has 0 fully saturated rings. The van der Waals surface area contributed by atoms with Crippen LogP contribution in [-0.4, -0.2) is 29.7 Å². The van der Waals surface area contributed by atoms with Gasteiger partial charge in [0.25, 0.3) is 0 Å². The molecule has 1 aliphatic heterocycles. The van der Waals surface area contributed by atoms with Crippen molar-refractivity contribution in [1.82, 2.24) is 0 Å². The van der Waals surface area contributed by atoms with E-state index in [0.29, 0.717) is 23.8 Å². The van der Waals surface area contributed by atoms with E-state index in [1.807, 2.05) is 19.9 Å². The Morgan fingerprint density at radius 1 is 1.48 bits per heavy atom. The fourth-order valence-electron chi connectivity index (χ4n) is 2.13. The van der Waals surface area contributed by atoms with Crippen LogP contribution in [-0.2, 0) is 16.0 Å². The summed E-state index contributed by atoms with van der Waals surface area (Å²) in [6.07, 6.45) is 2.62. The van der Waals surface area contributed by atoms with E-state index in [9.17, 15) is 9.59 Å². The maximum Gasteiger partial charge on any atom is 0.328 e. The third-order valence-corrected chi connectivity index (χ3v) is 2.93. The molecule has 0 aromatic heterocycles. The first-order valence-electron chi connectivity index (χ1n) is 6.68. The summed E-state index contributed by atoms with van der Waals surface area (Å²) in [7, 11) is 0. The highest BCUT2D eigenvalue weighted by Gasteiger charge is 2.22. The lowest BCUT2D eigenvalue weighted by atomic mass is 10.1. The zero-order chi connectivity index (χ0) is 15.4. The molecule has 0 aliphatic carbocycles. The molecule has 1 atom stereocenters. The van der Waals surface area contributed by atoms with Gasteiger partial charge in [-0.15, -0.1) is 0 Å². The molecule has 6 nitrogen and oxygen atoms in total.